The second kappa shape index (κ2) is 4.26. The molecule has 7 heteroatoms. The van der Waals surface area contributed by atoms with Crippen LogP contribution in [0.2, 0.25) is 0 Å². The quantitative estimate of drug-likeness (QED) is 0.684. The molecule has 1 rings (SSSR count). The van der Waals surface area contributed by atoms with Crippen LogP contribution in [0.3, 0.4) is 0 Å². The number of nitrogens with two attached hydrogens (primary N) is 1. The molecule has 16 heavy (non-hydrogen) atoms. The van der Waals surface area contributed by atoms with Crippen molar-refractivity contribution in [3.63, 3.8) is 0 Å². The predicted octanol–water partition coefficient (Wildman–Crippen LogP) is 1.45. The molecule has 0 fully saturated rings. The van der Waals surface area contributed by atoms with Gasteiger partial charge < -0.3 is 15.9 Å². The van der Waals surface area contributed by atoms with Gasteiger partial charge in [0, 0.05) is 5.56 Å². The van der Waals surface area contributed by atoms with Gasteiger partial charge >= 0.3 is 6.18 Å². The summed E-state index contributed by atoms with van der Waals surface area (Å²) in [6.45, 7) is 0. The molecule has 1 aromatic carbocycles. The third-order valence-corrected chi connectivity index (χ3v) is 2.02. The van der Waals surface area contributed by atoms with Gasteiger partial charge in [-0.3, -0.25) is 0 Å². The largest absolute Gasteiger partial charge is 0.508 e. The zero-order chi connectivity index (χ0) is 12.5. The van der Waals surface area contributed by atoms with Gasteiger partial charge in [-0.2, -0.15) is 13.2 Å². The average molecular weight is 239 g/mol. The number of rotatable bonds is 2. The van der Waals surface area contributed by atoms with Gasteiger partial charge in [-0.15, -0.1) is 0 Å². The van der Waals surface area contributed by atoms with Crippen LogP contribution in [0.5, 0.6) is 5.75 Å². The number of hydrogen-bond donors (Lipinski definition) is 3. The predicted molar refractivity (Wildman–Crippen MR) is 47.1 cm³/mol. The Morgan fingerprint density at radius 1 is 1.25 bits per heavy atom. The fourth-order valence-corrected chi connectivity index (χ4v) is 1.17. The van der Waals surface area contributed by atoms with Gasteiger partial charge in [0.1, 0.15) is 11.6 Å². The van der Waals surface area contributed by atoms with Crippen LogP contribution >= 0.6 is 0 Å². The van der Waals surface area contributed by atoms with Crippen molar-refractivity contribution in [1.82, 2.24) is 0 Å². The molecular weight excluding hydrogens is 230 g/mol. The lowest BCUT2D eigenvalue weighted by atomic mass is 10.0. The number of phenols is 1. The summed E-state index contributed by atoms with van der Waals surface area (Å²) >= 11 is 0. The Kier molecular flexibility index (Phi) is 3.39. The van der Waals surface area contributed by atoms with Crippen LogP contribution in [-0.2, 0) is 0 Å². The van der Waals surface area contributed by atoms with Crippen LogP contribution in [-0.4, -0.2) is 22.5 Å². The van der Waals surface area contributed by atoms with Gasteiger partial charge in [-0.05, 0) is 18.2 Å². The Morgan fingerprint density at radius 3 is 2.31 bits per heavy atom. The van der Waals surface area contributed by atoms with Crippen molar-refractivity contribution in [2.75, 3.05) is 0 Å². The van der Waals surface area contributed by atoms with Crippen LogP contribution in [0.15, 0.2) is 18.2 Å². The smallest absolute Gasteiger partial charge is 0.416 e. The first-order valence-electron chi connectivity index (χ1n) is 4.22. The first-order chi connectivity index (χ1) is 7.23. The van der Waals surface area contributed by atoms with Gasteiger partial charge in [0.05, 0.1) is 6.04 Å². The van der Waals surface area contributed by atoms with Crippen molar-refractivity contribution in [3.05, 3.63) is 29.6 Å². The number of aromatic hydroxyl groups is 1. The second-order valence-electron chi connectivity index (χ2n) is 3.22. The summed E-state index contributed by atoms with van der Waals surface area (Å²) in [7, 11) is 0. The van der Waals surface area contributed by atoms with E-state index in [2.05, 4.69) is 0 Å². The van der Waals surface area contributed by atoms with Crippen molar-refractivity contribution < 1.29 is 27.8 Å². The van der Waals surface area contributed by atoms with Gasteiger partial charge in [0.2, 0.25) is 0 Å². The molecule has 0 radical (unpaired) electrons. The van der Waals surface area contributed by atoms with E-state index in [1.807, 2.05) is 0 Å². The summed E-state index contributed by atoms with van der Waals surface area (Å²) in [6.07, 6.45) is -7.79. The normalized spacial score (nSPS) is 15.9. The maximum absolute atomic E-state index is 12.7. The van der Waals surface area contributed by atoms with Gasteiger partial charge in [-0.25, -0.2) is 4.39 Å². The summed E-state index contributed by atoms with van der Waals surface area (Å²) in [4.78, 5) is 0. The SMILES string of the molecule is N[C@@H](c1cc(F)ccc1O)[C@H](O)C(F)(F)F. The molecule has 0 bridgehead atoms. The van der Waals surface area contributed by atoms with E-state index in [4.69, 9.17) is 10.8 Å². The molecule has 0 aliphatic carbocycles. The number of aliphatic hydroxyl groups excluding tert-OH is 1. The summed E-state index contributed by atoms with van der Waals surface area (Å²) < 4.78 is 49.1. The van der Waals surface area contributed by atoms with E-state index in [1.165, 1.54) is 0 Å². The number of halogens is 4. The molecule has 0 unspecified atom stereocenters. The Balaban J connectivity index is 3.05. The van der Waals surface area contributed by atoms with E-state index in [9.17, 15) is 22.7 Å². The maximum atomic E-state index is 12.7. The zero-order valence-corrected chi connectivity index (χ0v) is 7.87. The number of benzene rings is 1. The van der Waals surface area contributed by atoms with E-state index >= 15 is 0 Å². The van der Waals surface area contributed by atoms with E-state index in [1.54, 1.807) is 0 Å². The summed E-state index contributed by atoms with van der Waals surface area (Å²) in [5.41, 5.74) is 4.60. The highest BCUT2D eigenvalue weighted by molar-refractivity contribution is 5.35. The molecular formula is C9H9F4NO2. The van der Waals surface area contributed by atoms with Crippen LogP contribution in [0, 0.1) is 5.82 Å². The van der Waals surface area contributed by atoms with Crippen LogP contribution in [0.1, 0.15) is 11.6 Å². The molecule has 0 amide bonds. The van der Waals surface area contributed by atoms with E-state index in [0.717, 1.165) is 12.1 Å². The fourth-order valence-electron chi connectivity index (χ4n) is 1.17. The van der Waals surface area contributed by atoms with Crippen LogP contribution in [0.25, 0.3) is 0 Å². The fraction of sp³-hybridized carbons (Fsp3) is 0.333. The maximum Gasteiger partial charge on any atom is 0.416 e. The molecule has 0 saturated heterocycles. The first-order valence-corrected chi connectivity index (χ1v) is 4.22. The van der Waals surface area contributed by atoms with Gasteiger partial charge in [0.15, 0.2) is 6.10 Å². The number of phenolic OH excluding ortho intramolecular Hbond substituents is 1. The molecule has 4 N–H and O–H groups in total. The van der Waals surface area contributed by atoms with Crippen molar-refractivity contribution in [2.24, 2.45) is 5.73 Å². The number of alkyl halides is 3. The lowest BCUT2D eigenvalue weighted by molar-refractivity contribution is -0.210. The Morgan fingerprint density at radius 2 is 1.81 bits per heavy atom. The molecule has 0 aliphatic heterocycles. The average Bonchev–Trinajstić information content (AvgIpc) is 2.18. The van der Waals surface area contributed by atoms with Crippen molar-refractivity contribution in [2.45, 2.75) is 18.3 Å². The summed E-state index contributed by atoms with van der Waals surface area (Å²) in [5.74, 6) is -1.45. The summed E-state index contributed by atoms with van der Waals surface area (Å²) in [6, 6.07) is 0.449. The molecule has 0 spiro atoms. The van der Waals surface area contributed by atoms with E-state index < -0.39 is 35.5 Å². The van der Waals surface area contributed by atoms with Crippen molar-refractivity contribution >= 4 is 0 Å². The minimum atomic E-state index is -4.93. The highest BCUT2D eigenvalue weighted by atomic mass is 19.4. The van der Waals surface area contributed by atoms with E-state index in [-0.39, 0.29) is 0 Å². The molecule has 0 heterocycles. The third kappa shape index (κ3) is 2.61. The number of hydrogen-bond acceptors (Lipinski definition) is 3. The highest BCUT2D eigenvalue weighted by Gasteiger charge is 2.43. The number of aliphatic hydroxyl groups is 1. The summed E-state index contributed by atoms with van der Waals surface area (Å²) in [5, 5.41) is 18.0. The standard InChI is InChI=1S/C9H9F4NO2/c10-4-1-2-6(15)5(3-4)7(14)8(16)9(11,12)13/h1-3,7-8,15-16H,14H2/t7-,8-/m0/s1. The Bertz CT molecular complexity index is 380. The minimum Gasteiger partial charge on any atom is -0.508 e. The molecule has 1 aromatic rings. The molecule has 0 aromatic heterocycles. The van der Waals surface area contributed by atoms with Crippen molar-refractivity contribution in [3.8, 4) is 5.75 Å². The van der Waals surface area contributed by atoms with Crippen LogP contribution in [0.4, 0.5) is 17.6 Å². The molecule has 2 atom stereocenters. The molecule has 3 nitrogen and oxygen atoms in total. The van der Waals surface area contributed by atoms with E-state index in [0.29, 0.717) is 6.07 Å². The van der Waals surface area contributed by atoms with Crippen molar-refractivity contribution in [1.29, 1.82) is 0 Å². The monoisotopic (exact) mass is 239 g/mol. The molecule has 0 aliphatic rings. The Labute approximate surface area is 88.1 Å². The Hall–Kier alpha value is -1.34. The topological polar surface area (TPSA) is 66.5 Å². The van der Waals surface area contributed by atoms with Gasteiger partial charge in [-0.1, -0.05) is 0 Å². The minimum absolute atomic E-state index is 0.496. The van der Waals surface area contributed by atoms with Gasteiger partial charge in [0.25, 0.3) is 0 Å². The van der Waals surface area contributed by atoms with Crippen LogP contribution < -0.4 is 5.73 Å². The molecule has 0 saturated carbocycles. The zero-order valence-electron chi connectivity index (χ0n) is 7.87. The third-order valence-electron chi connectivity index (χ3n) is 2.02. The lowest BCUT2D eigenvalue weighted by Gasteiger charge is -2.22. The first kappa shape index (κ1) is 12.7. The highest BCUT2D eigenvalue weighted by Crippen LogP contribution is 2.32. The molecule has 90 valence electrons. The second-order valence-corrected chi connectivity index (χ2v) is 3.22. The lowest BCUT2D eigenvalue weighted by Crippen LogP contribution is -2.38.